The van der Waals surface area contributed by atoms with E-state index in [4.69, 9.17) is 11.6 Å². The average molecular weight is 405 g/mol. The maximum atomic E-state index is 12.1. The maximum absolute atomic E-state index is 12.1. The first-order chi connectivity index (χ1) is 13.3. The van der Waals surface area contributed by atoms with Crippen LogP contribution < -0.4 is 16.0 Å². The van der Waals surface area contributed by atoms with E-state index in [2.05, 4.69) is 16.0 Å². The maximum Gasteiger partial charge on any atom is 0.270 e. The molecule has 0 bridgehead atoms. The molecule has 10 heteroatoms. The topological polar surface area (TPSA) is 130 Å². The summed E-state index contributed by atoms with van der Waals surface area (Å²) in [5.74, 6) is -1.05. The van der Waals surface area contributed by atoms with E-state index in [1.54, 1.807) is 24.3 Å². The van der Waals surface area contributed by atoms with Crippen LogP contribution in [0.15, 0.2) is 42.5 Å². The number of hydrogen-bond acceptors (Lipinski definition) is 5. The Balaban J connectivity index is 1.82. The van der Waals surface area contributed by atoms with Crippen molar-refractivity contribution in [3.8, 4) is 0 Å². The Bertz CT molecular complexity index is 915. The van der Waals surface area contributed by atoms with E-state index in [9.17, 15) is 24.5 Å². The lowest BCUT2D eigenvalue weighted by molar-refractivity contribution is -0.384. The minimum Gasteiger partial charge on any atom is -0.350 e. The van der Waals surface area contributed by atoms with Crippen molar-refractivity contribution in [3.63, 3.8) is 0 Å². The number of amides is 3. The van der Waals surface area contributed by atoms with Crippen LogP contribution in [0.5, 0.6) is 0 Å². The van der Waals surface area contributed by atoms with Crippen LogP contribution in [-0.2, 0) is 4.79 Å². The molecule has 0 aliphatic heterocycles. The van der Waals surface area contributed by atoms with Gasteiger partial charge in [-0.3, -0.25) is 24.5 Å². The third-order valence-corrected chi connectivity index (χ3v) is 3.88. The molecule has 0 aliphatic carbocycles. The molecule has 146 valence electrons. The predicted molar refractivity (Wildman–Crippen MR) is 104 cm³/mol. The molecule has 2 aromatic carbocycles. The van der Waals surface area contributed by atoms with Crippen LogP contribution in [0.4, 0.5) is 11.4 Å². The van der Waals surface area contributed by atoms with Crippen molar-refractivity contribution in [1.29, 1.82) is 0 Å². The lowest BCUT2D eigenvalue weighted by Gasteiger charge is -2.09. The van der Waals surface area contributed by atoms with Crippen LogP contribution in [0.3, 0.4) is 0 Å². The Kier molecular flexibility index (Phi) is 7.05. The van der Waals surface area contributed by atoms with Crippen molar-refractivity contribution in [2.45, 2.75) is 6.92 Å². The van der Waals surface area contributed by atoms with E-state index in [1.165, 1.54) is 19.1 Å². The molecule has 0 heterocycles. The number of anilines is 1. The molecule has 3 amide bonds. The van der Waals surface area contributed by atoms with Crippen molar-refractivity contribution >= 4 is 40.7 Å². The SMILES string of the molecule is CC(=O)Nc1ccc(C(=O)NCCNC(=O)c2ccc([N+](=O)[O-])cc2Cl)cc1. The predicted octanol–water partition coefficient (Wildman–Crippen LogP) is 2.37. The molecule has 9 nitrogen and oxygen atoms in total. The number of nitro groups is 1. The van der Waals surface area contributed by atoms with E-state index in [-0.39, 0.29) is 41.2 Å². The van der Waals surface area contributed by atoms with Gasteiger partial charge in [0, 0.05) is 43.4 Å². The zero-order valence-electron chi connectivity index (χ0n) is 14.8. The minimum atomic E-state index is -0.605. The number of carbonyl (C=O) groups excluding carboxylic acids is 3. The number of carbonyl (C=O) groups is 3. The molecule has 0 saturated carbocycles. The Hall–Kier alpha value is -3.46. The van der Waals surface area contributed by atoms with Gasteiger partial charge in [-0.15, -0.1) is 0 Å². The molecular weight excluding hydrogens is 388 g/mol. The van der Waals surface area contributed by atoms with Gasteiger partial charge in [0.25, 0.3) is 17.5 Å². The third kappa shape index (κ3) is 5.78. The lowest BCUT2D eigenvalue weighted by Crippen LogP contribution is -2.34. The molecule has 0 unspecified atom stereocenters. The molecule has 28 heavy (non-hydrogen) atoms. The van der Waals surface area contributed by atoms with E-state index in [0.717, 1.165) is 6.07 Å². The normalized spacial score (nSPS) is 10.1. The highest BCUT2D eigenvalue weighted by Gasteiger charge is 2.14. The molecule has 0 radical (unpaired) electrons. The molecule has 0 spiro atoms. The van der Waals surface area contributed by atoms with E-state index in [1.807, 2.05) is 0 Å². The summed E-state index contributed by atoms with van der Waals surface area (Å²) in [6.45, 7) is 1.70. The van der Waals surface area contributed by atoms with Gasteiger partial charge in [-0.05, 0) is 30.3 Å². The first-order valence-corrected chi connectivity index (χ1v) is 8.53. The number of nitrogens with one attached hydrogen (secondary N) is 3. The highest BCUT2D eigenvalue weighted by Crippen LogP contribution is 2.22. The van der Waals surface area contributed by atoms with Gasteiger partial charge < -0.3 is 16.0 Å². The zero-order valence-corrected chi connectivity index (χ0v) is 15.6. The molecule has 0 saturated heterocycles. The summed E-state index contributed by atoms with van der Waals surface area (Å²) in [5, 5.41) is 18.5. The fourth-order valence-electron chi connectivity index (χ4n) is 2.26. The molecule has 0 aliphatic rings. The van der Waals surface area contributed by atoms with Crippen LogP contribution in [0, 0.1) is 10.1 Å². The Labute approximate surface area is 165 Å². The third-order valence-electron chi connectivity index (χ3n) is 3.57. The van der Waals surface area contributed by atoms with Gasteiger partial charge in [-0.1, -0.05) is 11.6 Å². The number of halogens is 1. The van der Waals surface area contributed by atoms with Gasteiger partial charge in [0.05, 0.1) is 15.5 Å². The van der Waals surface area contributed by atoms with Crippen LogP contribution in [0.1, 0.15) is 27.6 Å². The van der Waals surface area contributed by atoms with Gasteiger partial charge in [0.1, 0.15) is 0 Å². The molecule has 0 atom stereocenters. The number of nitro benzene ring substituents is 1. The van der Waals surface area contributed by atoms with Gasteiger partial charge in [0.15, 0.2) is 0 Å². The standard InChI is InChI=1S/C18H17ClN4O5/c1-11(24)22-13-4-2-12(3-5-13)17(25)20-8-9-21-18(26)15-7-6-14(23(27)28)10-16(15)19/h2-7,10H,8-9H2,1H3,(H,20,25)(H,21,26)(H,22,24). The summed E-state index contributed by atoms with van der Waals surface area (Å²) in [4.78, 5) is 45.2. The quantitative estimate of drug-likeness (QED) is 0.370. The van der Waals surface area contributed by atoms with Crippen molar-refractivity contribution in [3.05, 3.63) is 68.7 Å². The first-order valence-electron chi connectivity index (χ1n) is 8.16. The largest absolute Gasteiger partial charge is 0.350 e. The molecular formula is C18H17ClN4O5. The zero-order chi connectivity index (χ0) is 20.7. The summed E-state index contributed by atoms with van der Waals surface area (Å²) >= 11 is 5.89. The fraction of sp³-hybridized carbons (Fsp3) is 0.167. The second-order valence-corrected chi connectivity index (χ2v) is 6.10. The minimum absolute atomic E-state index is 0.0324. The van der Waals surface area contributed by atoms with Gasteiger partial charge in [0.2, 0.25) is 5.91 Å². The van der Waals surface area contributed by atoms with Crippen LogP contribution in [0.2, 0.25) is 5.02 Å². The monoisotopic (exact) mass is 404 g/mol. The average Bonchev–Trinajstić information content (AvgIpc) is 2.64. The van der Waals surface area contributed by atoms with E-state index < -0.39 is 10.8 Å². The number of rotatable bonds is 7. The lowest BCUT2D eigenvalue weighted by atomic mass is 10.2. The summed E-state index contributed by atoms with van der Waals surface area (Å²) in [6, 6.07) is 9.90. The van der Waals surface area contributed by atoms with Crippen molar-refractivity contribution in [2.24, 2.45) is 0 Å². The van der Waals surface area contributed by atoms with Crippen molar-refractivity contribution in [2.75, 3.05) is 18.4 Å². The summed E-state index contributed by atoms with van der Waals surface area (Å²) in [6.07, 6.45) is 0. The van der Waals surface area contributed by atoms with Gasteiger partial charge >= 0.3 is 0 Å². The Morgan fingerprint density at radius 1 is 1.00 bits per heavy atom. The molecule has 2 rings (SSSR count). The van der Waals surface area contributed by atoms with Gasteiger partial charge in [-0.2, -0.15) is 0 Å². The number of non-ortho nitro benzene ring substituents is 1. The number of benzene rings is 2. The fourth-order valence-corrected chi connectivity index (χ4v) is 2.52. The Morgan fingerprint density at radius 3 is 2.14 bits per heavy atom. The van der Waals surface area contributed by atoms with Crippen LogP contribution >= 0.6 is 11.6 Å². The highest BCUT2D eigenvalue weighted by molar-refractivity contribution is 6.34. The Morgan fingerprint density at radius 2 is 1.61 bits per heavy atom. The molecule has 3 N–H and O–H groups in total. The summed E-state index contributed by atoms with van der Waals surface area (Å²) < 4.78 is 0. The van der Waals surface area contributed by atoms with Crippen LogP contribution in [-0.4, -0.2) is 35.7 Å². The second kappa shape index (κ2) is 9.47. The van der Waals surface area contributed by atoms with Crippen molar-refractivity contribution in [1.82, 2.24) is 10.6 Å². The van der Waals surface area contributed by atoms with E-state index >= 15 is 0 Å². The molecule has 0 fully saturated rings. The number of hydrogen-bond donors (Lipinski definition) is 3. The van der Waals surface area contributed by atoms with Crippen molar-refractivity contribution < 1.29 is 19.3 Å². The summed E-state index contributed by atoms with van der Waals surface area (Å²) in [7, 11) is 0. The van der Waals surface area contributed by atoms with E-state index in [0.29, 0.717) is 11.3 Å². The van der Waals surface area contributed by atoms with Crippen LogP contribution in [0.25, 0.3) is 0 Å². The summed E-state index contributed by atoms with van der Waals surface area (Å²) in [5.41, 5.74) is 0.876. The molecule has 0 aromatic heterocycles. The van der Waals surface area contributed by atoms with Gasteiger partial charge in [-0.25, -0.2) is 0 Å². The number of nitrogens with zero attached hydrogens (tertiary/aromatic N) is 1. The highest BCUT2D eigenvalue weighted by atomic mass is 35.5. The smallest absolute Gasteiger partial charge is 0.270 e. The first kappa shape index (κ1) is 20.8. The second-order valence-electron chi connectivity index (χ2n) is 5.69. The molecule has 2 aromatic rings.